The quantitative estimate of drug-likeness (QED) is 0.360. The van der Waals surface area contributed by atoms with Gasteiger partial charge in [-0.25, -0.2) is 11.8 Å². The minimum Gasteiger partial charge on any atom is -0.601 e. The first-order chi connectivity index (χ1) is 2.91. The van der Waals surface area contributed by atoms with E-state index >= 15 is 0 Å². The number of hydrogen-bond acceptors (Lipinski definition) is 2. The molecule has 1 radical (unpaired) electrons. The van der Waals surface area contributed by atoms with Gasteiger partial charge >= 0.3 is 0 Å². The second-order valence-electron chi connectivity index (χ2n) is 0.574. The first-order valence-electron chi connectivity index (χ1n) is 1.43. The Bertz CT molecular complexity index is 62.7. The topological polar surface area (TPSA) is 12.4 Å². The summed E-state index contributed by atoms with van der Waals surface area (Å²) < 4.78 is 0. The van der Waals surface area contributed by atoms with E-state index in [4.69, 9.17) is 6.58 Å². The predicted molar refractivity (Wildman–Crippen MR) is 29.8 cm³/mol. The van der Waals surface area contributed by atoms with Crippen LogP contribution in [0.1, 0.15) is 0 Å². The van der Waals surface area contributed by atoms with Crippen LogP contribution in [0.15, 0.2) is 11.2 Å². The maximum Gasteiger partial charge on any atom is 0 e. The van der Waals surface area contributed by atoms with Crippen LogP contribution in [0.5, 0.6) is 0 Å². The van der Waals surface area contributed by atoms with E-state index in [1.54, 1.807) is 0 Å². The van der Waals surface area contributed by atoms with Gasteiger partial charge in [0.2, 0.25) is 0 Å². The van der Waals surface area contributed by atoms with Crippen LogP contribution in [0.2, 0.25) is 0 Å². The van der Waals surface area contributed by atoms with E-state index in [1.165, 1.54) is 18.0 Å². The molecule has 0 atom stereocenters. The van der Waals surface area contributed by atoms with E-state index in [0.717, 1.165) is 0 Å². The molecule has 0 rings (SSSR count). The molecule has 0 aromatic heterocycles. The molecule has 3 heteroatoms. The predicted octanol–water partition coefficient (Wildman–Crippen LogP) is 1.20. The van der Waals surface area contributed by atoms with Crippen molar-refractivity contribution in [3.05, 3.63) is 12.8 Å². The second kappa shape index (κ2) is 9.98. The fourth-order valence-corrected chi connectivity index (χ4v) is 0.249. The van der Waals surface area contributed by atoms with Crippen LogP contribution in [-0.4, -0.2) is 11.8 Å². The molecule has 0 spiro atoms. The summed E-state index contributed by atoms with van der Waals surface area (Å²) in [6.45, 7) is 4.85. The van der Waals surface area contributed by atoms with Crippen molar-refractivity contribution >= 4 is 17.3 Å². The van der Waals surface area contributed by atoms with Crippen molar-refractivity contribution in [2.24, 2.45) is 4.99 Å². The number of hydrogen-bond donors (Lipinski definition) is 0. The van der Waals surface area contributed by atoms with Gasteiger partial charge in [0.25, 0.3) is 0 Å². The fraction of sp³-hybridized carbons (Fsp3) is 0.250. The average Bonchev–Trinajstić information content (AvgIpc) is 1.61. The van der Waals surface area contributed by atoms with Crippen molar-refractivity contribution < 1.29 is 32.7 Å². The van der Waals surface area contributed by atoms with E-state index in [9.17, 15) is 0 Å². The van der Waals surface area contributed by atoms with Crippen molar-refractivity contribution in [3.8, 4) is 0 Å². The molecular weight excluding hydrogens is 183 g/mol. The van der Waals surface area contributed by atoms with Crippen LogP contribution in [0.25, 0.3) is 0 Å². The summed E-state index contributed by atoms with van der Waals surface area (Å²) in [5.74, 6) is 0. The van der Waals surface area contributed by atoms with Crippen LogP contribution in [0, 0.1) is 6.58 Å². The third-order valence-electron chi connectivity index (χ3n) is 0.219. The molecule has 0 fully saturated rings. The van der Waals surface area contributed by atoms with Crippen LogP contribution in [-0.2, 0) is 32.7 Å². The molecule has 0 N–H and O–H groups in total. The van der Waals surface area contributed by atoms with Gasteiger partial charge in [0.15, 0.2) is 0 Å². The van der Waals surface area contributed by atoms with Gasteiger partial charge in [-0.3, -0.25) is 0 Å². The Morgan fingerprint density at radius 3 is 2.57 bits per heavy atom. The third kappa shape index (κ3) is 10.9. The van der Waals surface area contributed by atoms with Crippen LogP contribution >= 0.6 is 11.8 Å². The summed E-state index contributed by atoms with van der Waals surface area (Å²) in [4.78, 5) is 3.46. The van der Waals surface area contributed by atoms with Crippen molar-refractivity contribution in [1.29, 1.82) is 0 Å². The Labute approximate surface area is 73.5 Å². The molecule has 0 aliphatic rings. The summed E-state index contributed by atoms with van der Waals surface area (Å²) >= 11 is 1.40. The van der Waals surface area contributed by atoms with E-state index in [1.807, 2.05) is 6.26 Å². The zero-order valence-corrected chi connectivity index (χ0v) is 7.74. The second-order valence-corrected chi connectivity index (χ2v) is 1.16. The van der Waals surface area contributed by atoms with E-state index < -0.39 is 0 Å². The third-order valence-corrected chi connectivity index (χ3v) is 0.507. The molecule has 1 nitrogen and oxygen atoms in total. The van der Waals surface area contributed by atoms with Gasteiger partial charge in [-0.15, -0.1) is 5.55 Å². The summed E-state index contributed by atoms with van der Waals surface area (Å²) in [5, 5.41) is 0. The molecule has 0 bridgehead atoms. The molecule has 0 aromatic rings. The first-order valence-corrected chi connectivity index (χ1v) is 2.65. The SMILES string of the molecule is [CH-]=CN=[C-]SC.[Y]. The van der Waals surface area contributed by atoms with Gasteiger partial charge in [-0.1, -0.05) is 0 Å². The number of nitrogens with zero attached hydrogens (tertiary/aromatic N) is 1. The summed E-state index contributed by atoms with van der Waals surface area (Å²) in [6, 6.07) is 0. The largest absolute Gasteiger partial charge is 0.601 e. The zero-order valence-electron chi connectivity index (χ0n) is 4.09. The van der Waals surface area contributed by atoms with Crippen LogP contribution in [0.4, 0.5) is 0 Å². The summed E-state index contributed by atoms with van der Waals surface area (Å²) in [5.41, 5.74) is 2.56. The Morgan fingerprint density at radius 2 is 2.43 bits per heavy atom. The standard InChI is InChI=1S/C4H5NS.Y/c1-3-5-4-6-2;/h1,3H,2H3;/q-2;. The van der Waals surface area contributed by atoms with Gasteiger partial charge in [0.05, 0.1) is 0 Å². The van der Waals surface area contributed by atoms with E-state index in [-0.39, 0.29) is 32.7 Å². The van der Waals surface area contributed by atoms with Gasteiger partial charge in [0.1, 0.15) is 0 Å². The van der Waals surface area contributed by atoms with Gasteiger partial charge in [0, 0.05) is 32.7 Å². The monoisotopic (exact) mass is 188 g/mol. The van der Waals surface area contributed by atoms with Gasteiger partial charge in [-0.05, 0) is 6.26 Å². The molecule has 0 aromatic carbocycles. The fourth-order valence-electron chi connectivity index (χ4n) is 0.0831. The average molecular weight is 188 g/mol. The zero-order chi connectivity index (χ0) is 4.83. The number of rotatable bonds is 2. The Balaban J connectivity index is 0. The van der Waals surface area contributed by atoms with Crippen molar-refractivity contribution in [1.82, 2.24) is 0 Å². The molecule has 0 unspecified atom stereocenters. The van der Waals surface area contributed by atoms with Crippen molar-refractivity contribution in [2.75, 3.05) is 6.26 Å². The van der Waals surface area contributed by atoms with Crippen molar-refractivity contribution in [3.63, 3.8) is 0 Å². The van der Waals surface area contributed by atoms with E-state index in [2.05, 4.69) is 10.5 Å². The molecule has 0 saturated heterocycles. The minimum atomic E-state index is 0. The van der Waals surface area contributed by atoms with Crippen LogP contribution < -0.4 is 0 Å². The first kappa shape index (κ1) is 10.8. The van der Waals surface area contributed by atoms with Gasteiger partial charge < -0.3 is 17.8 Å². The van der Waals surface area contributed by atoms with E-state index in [0.29, 0.717) is 0 Å². The summed E-state index contributed by atoms with van der Waals surface area (Å²) in [6.07, 6.45) is 3.07. The van der Waals surface area contributed by atoms with Crippen molar-refractivity contribution in [2.45, 2.75) is 0 Å². The maximum atomic E-state index is 4.85. The molecule has 0 aliphatic heterocycles. The maximum absolute atomic E-state index is 4.85. The molecule has 37 valence electrons. The molecule has 0 saturated carbocycles. The molecule has 7 heavy (non-hydrogen) atoms. The Hall–Kier alpha value is 0.864. The molecular formula is C4H5NSY-2. The van der Waals surface area contributed by atoms with Crippen LogP contribution in [0.3, 0.4) is 0 Å². The molecule has 0 heterocycles. The number of thioether (sulfide) groups is 1. The summed E-state index contributed by atoms with van der Waals surface area (Å²) in [7, 11) is 0. The molecule has 0 amide bonds. The smallest absolute Gasteiger partial charge is 0 e. The minimum absolute atomic E-state index is 0. The molecule has 0 aliphatic carbocycles. The normalized spacial score (nSPS) is 8.14. The Morgan fingerprint density at radius 1 is 1.86 bits per heavy atom. The van der Waals surface area contributed by atoms with Gasteiger partial charge in [-0.2, -0.15) is 0 Å². The number of aliphatic imine (C=N–C) groups is 1. The Kier molecular flexibility index (Phi) is 15.4.